The molecule has 0 heterocycles. The molecule has 0 bridgehead atoms. The number of hydrogen-bond acceptors (Lipinski definition) is 6. The van der Waals surface area contributed by atoms with Gasteiger partial charge < -0.3 is 9.84 Å². The van der Waals surface area contributed by atoms with Gasteiger partial charge in [0.2, 0.25) is 0 Å². The number of oxime groups is 1. The van der Waals surface area contributed by atoms with Crippen LogP contribution in [0.15, 0.2) is 58.6 Å². The number of nitrogens with zero attached hydrogens (tertiary/aromatic N) is 1. The molecule has 29 heavy (non-hydrogen) atoms. The summed E-state index contributed by atoms with van der Waals surface area (Å²) in [6, 6.07) is 9.67. The molecule has 0 unspecified atom stereocenters. The summed E-state index contributed by atoms with van der Waals surface area (Å²) in [5.41, 5.74) is -1.25. The Morgan fingerprint density at radius 2 is 1.66 bits per heavy atom. The van der Waals surface area contributed by atoms with Gasteiger partial charge >= 0.3 is 22.3 Å². The number of carboxylic acids is 1. The van der Waals surface area contributed by atoms with Gasteiger partial charge in [0.1, 0.15) is 10.6 Å². The van der Waals surface area contributed by atoms with Gasteiger partial charge in [0, 0.05) is 5.56 Å². The zero-order valence-electron chi connectivity index (χ0n) is 15.0. The summed E-state index contributed by atoms with van der Waals surface area (Å²) in [6.45, 7) is 1.55. The van der Waals surface area contributed by atoms with Gasteiger partial charge in [-0.25, -0.2) is 0 Å². The standard InChI is InChI=1S/C18H16F3NO6S/c1-12-2-8-15(9-3-12)29(25,26)28-22-17(18(19,20)21)13-4-6-14(7-5-13)27-11-10-16(23)24/h2-9H,10-11H2,1H3,(H,23,24)/b22-17-. The second kappa shape index (κ2) is 8.95. The monoisotopic (exact) mass is 431 g/mol. The minimum Gasteiger partial charge on any atom is -0.493 e. The largest absolute Gasteiger partial charge is 0.493 e. The number of aryl methyl sites for hydroxylation is 1. The fourth-order valence-corrected chi connectivity index (χ4v) is 2.80. The van der Waals surface area contributed by atoms with Crippen LogP contribution in [0.4, 0.5) is 13.2 Å². The van der Waals surface area contributed by atoms with Gasteiger partial charge in [-0.05, 0) is 43.3 Å². The summed E-state index contributed by atoms with van der Waals surface area (Å²) in [5, 5.41) is 11.4. The lowest BCUT2D eigenvalue weighted by atomic mass is 10.1. The second-order valence-electron chi connectivity index (χ2n) is 5.80. The Bertz CT molecular complexity index is 984. The molecular weight excluding hydrogens is 415 g/mol. The molecule has 2 aromatic rings. The van der Waals surface area contributed by atoms with Gasteiger partial charge in [0.25, 0.3) is 0 Å². The summed E-state index contributed by atoms with van der Waals surface area (Å²) in [7, 11) is -4.54. The normalized spacial score (nSPS) is 12.5. The molecule has 0 fully saturated rings. The number of benzene rings is 2. The molecule has 2 rings (SSSR count). The molecular formula is C18H16F3NO6S. The lowest BCUT2D eigenvalue weighted by Crippen LogP contribution is -2.25. The number of alkyl halides is 3. The molecule has 1 N–H and O–H groups in total. The van der Waals surface area contributed by atoms with Crippen molar-refractivity contribution in [1.82, 2.24) is 0 Å². The maximum Gasteiger partial charge on any atom is 0.437 e. The van der Waals surface area contributed by atoms with Crippen molar-refractivity contribution in [3.05, 3.63) is 59.7 Å². The van der Waals surface area contributed by atoms with Crippen molar-refractivity contribution in [1.29, 1.82) is 0 Å². The average Bonchev–Trinajstić information content (AvgIpc) is 2.62. The first-order valence-electron chi connectivity index (χ1n) is 8.09. The fourth-order valence-electron chi connectivity index (χ4n) is 2.07. The van der Waals surface area contributed by atoms with Gasteiger partial charge in [0.05, 0.1) is 13.0 Å². The zero-order valence-corrected chi connectivity index (χ0v) is 15.8. The van der Waals surface area contributed by atoms with E-state index in [1.807, 2.05) is 0 Å². The molecule has 0 radical (unpaired) electrons. The van der Waals surface area contributed by atoms with E-state index in [9.17, 15) is 26.4 Å². The summed E-state index contributed by atoms with van der Waals surface area (Å²) >= 11 is 0. The molecule has 0 atom stereocenters. The third-order valence-electron chi connectivity index (χ3n) is 3.52. The van der Waals surface area contributed by atoms with Crippen molar-refractivity contribution in [3.63, 3.8) is 0 Å². The number of hydrogen-bond donors (Lipinski definition) is 1. The van der Waals surface area contributed by atoms with E-state index >= 15 is 0 Å². The third kappa shape index (κ3) is 6.49. The van der Waals surface area contributed by atoms with Crippen LogP contribution >= 0.6 is 0 Å². The summed E-state index contributed by atoms with van der Waals surface area (Å²) in [6.07, 6.45) is -5.27. The quantitative estimate of drug-likeness (QED) is 0.507. The van der Waals surface area contributed by atoms with E-state index in [2.05, 4.69) is 9.44 Å². The van der Waals surface area contributed by atoms with E-state index in [0.717, 1.165) is 17.7 Å². The van der Waals surface area contributed by atoms with Gasteiger partial charge in [-0.1, -0.05) is 22.9 Å². The molecule has 156 valence electrons. The first-order chi connectivity index (χ1) is 13.5. The van der Waals surface area contributed by atoms with Crippen LogP contribution in [0.25, 0.3) is 0 Å². The van der Waals surface area contributed by atoms with Crippen molar-refractivity contribution in [3.8, 4) is 5.75 Å². The first-order valence-corrected chi connectivity index (χ1v) is 9.50. The second-order valence-corrected chi connectivity index (χ2v) is 7.32. The number of carbonyl (C=O) groups is 1. The molecule has 0 aliphatic rings. The Morgan fingerprint density at radius 1 is 1.07 bits per heavy atom. The van der Waals surface area contributed by atoms with Crippen LogP contribution in [0.1, 0.15) is 17.5 Å². The SMILES string of the molecule is Cc1ccc(S(=O)(=O)O/N=C(/c2ccc(OCCC(=O)O)cc2)C(F)(F)F)cc1. The summed E-state index contributed by atoms with van der Waals surface area (Å²) in [5.74, 6) is -0.940. The predicted octanol–water partition coefficient (Wildman–Crippen LogP) is 3.52. The van der Waals surface area contributed by atoms with Crippen LogP contribution in [0, 0.1) is 6.92 Å². The Hall–Kier alpha value is -3.08. The van der Waals surface area contributed by atoms with E-state index in [-0.39, 0.29) is 23.7 Å². The molecule has 0 aliphatic heterocycles. The minimum absolute atomic E-state index is 0.143. The van der Waals surface area contributed by atoms with Crippen LogP contribution in [-0.2, 0) is 19.2 Å². The summed E-state index contributed by atoms with van der Waals surface area (Å²) < 4.78 is 73.5. The van der Waals surface area contributed by atoms with E-state index < -0.39 is 33.5 Å². The summed E-state index contributed by atoms with van der Waals surface area (Å²) in [4.78, 5) is 10.1. The van der Waals surface area contributed by atoms with E-state index in [1.54, 1.807) is 6.92 Å². The highest BCUT2D eigenvalue weighted by atomic mass is 32.2. The lowest BCUT2D eigenvalue weighted by Gasteiger charge is -2.11. The van der Waals surface area contributed by atoms with Gasteiger partial charge in [0.15, 0.2) is 5.71 Å². The van der Waals surface area contributed by atoms with E-state index in [1.165, 1.54) is 36.4 Å². The molecule has 0 aliphatic carbocycles. The van der Waals surface area contributed by atoms with E-state index in [4.69, 9.17) is 9.84 Å². The third-order valence-corrected chi connectivity index (χ3v) is 4.64. The molecule has 0 aromatic heterocycles. The Balaban J connectivity index is 2.23. The van der Waals surface area contributed by atoms with Crippen molar-refractivity contribution < 1.29 is 40.5 Å². The highest BCUT2D eigenvalue weighted by Crippen LogP contribution is 2.25. The van der Waals surface area contributed by atoms with Gasteiger partial charge in [-0.2, -0.15) is 21.6 Å². The van der Waals surface area contributed by atoms with Crippen LogP contribution < -0.4 is 4.74 Å². The van der Waals surface area contributed by atoms with Crippen molar-refractivity contribution in [2.45, 2.75) is 24.4 Å². The Morgan fingerprint density at radius 3 is 2.17 bits per heavy atom. The number of ether oxygens (including phenoxy) is 1. The number of aliphatic carboxylic acids is 1. The maximum absolute atomic E-state index is 13.3. The van der Waals surface area contributed by atoms with Gasteiger partial charge in [-0.3, -0.25) is 9.08 Å². The van der Waals surface area contributed by atoms with Gasteiger partial charge in [-0.15, -0.1) is 0 Å². The fraction of sp³-hybridized carbons (Fsp3) is 0.222. The number of halogens is 3. The van der Waals surface area contributed by atoms with E-state index in [0.29, 0.717) is 0 Å². The molecule has 2 aromatic carbocycles. The van der Waals surface area contributed by atoms with Crippen molar-refractivity contribution >= 4 is 21.8 Å². The molecule has 11 heteroatoms. The lowest BCUT2D eigenvalue weighted by molar-refractivity contribution is -0.137. The highest BCUT2D eigenvalue weighted by molar-refractivity contribution is 7.86. The Kier molecular flexibility index (Phi) is 6.85. The average molecular weight is 431 g/mol. The highest BCUT2D eigenvalue weighted by Gasteiger charge is 2.38. The Labute approximate surface area is 164 Å². The molecule has 7 nitrogen and oxygen atoms in total. The van der Waals surface area contributed by atoms with Crippen LogP contribution in [0.5, 0.6) is 5.75 Å². The van der Waals surface area contributed by atoms with Crippen LogP contribution in [-0.4, -0.2) is 38.0 Å². The number of rotatable bonds is 8. The molecule has 0 amide bonds. The molecule has 0 spiro atoms. The minimum atomic E-state index is -4.99. The van der Waals surface area contributed by atoms with Crippen molar-refractivity contribution in [2.75, 3.05) is 6.61 Å². The molecule has 0 saturated heterocycles. The van der Waals surface area contributed by atoms with Crippen LogP contribution in [0.2, 0.25) is 0 Å². The van der Waals surface area contributed by atoms with Crippen LogP contribution in [0.3, 0.4) is 0 Å². The van der Waals surface area contributed by atoms with Crippen molar-refractivity contribution in [2.24, 2.45) is 5.16 Å². The predicted molar refractivity (Wildman–Crippen MR) is 96.2 cm³/mol. The smallest absolute Gasteiger partial charge is 0.437 e. The topological polar surface area (TPSA) is 102 Å². The zero-order chi connectivity index (χ0) is 21.7. The number of carboxylic acid groups (broad SMARTS) is 1. The first kappa shape index (κ1) is 22.2. The molecule has 0 saturated carbocycles. The maximum atomic E-state index is 13.3.